The van der Waals surface area contributed by atoms with E-state index in [1.807, 2.05) is 25.1 Å². The van der Waals surface area contributed by atoms with Crippen LogP contribution in [0.3, 0.4) is 0 Å². The Balaban J connectivity index is 1.65. The van der Waals surface area contributed by atoms with Gasteiger partial charge in [0, 0.05) is 5.69 Å². The van der Waals surface area contributed by atoms with Crippen molar-refractivity contribution in [3.8, 4) is 5.75 Å². The molecular weight excluding hydrogens is 325 g/mol. The van der Waals surface area contributed by atoms with Gasteiger partial charge in [-0.1, -0.05) is 18.2 Å². The Labute approximate surface area is 144 Å². The fourth-order valence-electron chi connectivity index (χ4n) is 2.50. The van der Waals surface area contributed by atoms with Crippen molar-refractivity contribution in [2.75, 3.05) is 17.2 Å². The van der Waals surface area contributed by atoms with Gasteiger partial charge in [0.25, 0.3) is 5.91 Å². The van der Waals surface area contributed by atoms with Crippen molar-refractivity contribution in [2.45, 2.75) is 19.6 Å². The van der Waals surface area contributed by atoms with Gasteiger partial charge in [-0.25, -0.2) is 9.18 Å². The molecule has 1 aliphatic heterocycles. The minimum Gasteiger partial charge on any atom is -0.489 e. The van der Waals surface area contributed by atoms with Gasteiger partial charge in [-0.15, -0.1) is 0 Å². The minimum atomic E-state index is -0.869. The van der Waals surface area contributed by atoms with Gasteiger partial charge in [0.05, 0.1) is 5.69 Å². The van der Waals surface area contributed by atoms with Crippen molar-refractivity contribution in [3.63, 3.8) is 0 Å². The smallest absolute Gasteiger partial charge is 0.320 e. The van der Waals surface area contributed by atoms with Crippen LogP contribution in [0.5, 0.6) is 5.75 Å². The Morgan fingerprint density at radius 1 is 1.32 bits per heavy atom. The summed E-state index contributed by atoms with van der Waals surface area (Å²) in [6, 6.07) is 10.6. The molecule has 0 fully saturated rings. The van der Waals surface area contributed by atoms with Crippen molar-refractivity contribution in [1.29, 1.82) is 0 Å². The molecule has 0 aromatic heterocycles. The number of ether oxygens (including phenoxy) is 1. The number of carbonyl (C=O) groups is 2. The Kier molecular flexibility index (Phi) is 4.83. The number of aryl methyl sites for hydroxylation is 1. The summed E-state index contributed by atoms with van der Waals surface area (Å²) in [4.78, 5) is 24.4. The molecular formula is C18H18FN3O3. The lowest BCUT2D eigenvalue weighted by molar-refractivity contribution is -0.118. The third-order valence-corrected chi connectivity index (χ3v) is 3.76. The number of nitrogens with one attached hydrogen (secondary N) is 3. The quantitative estimate of drug-likeness (QED) is 0.801. The van der Waals surface area contributed by atoms with Crippen LogP contribution in [0.15, 0.2) is 42.5 Å². The highest BCUT2D eigenvalue weighted by molar-refractivity contribution is 6.00. The van der Waals surface area contributed by atoms with Crippen LogP contribution in [-0.2, 0) is 11.5 Å². The fourth-order valence-corrected chi connectivity index (χ4v) is 2.50. The number of benzene rings is 2. The molecule has 0 saturated heterocycles. The van der Waals surface area contributed by atoms with Crippen LogP contribution < -0.4 is 20.7 Å². The summed E-state index contributed by atoms with van der Waals surface area (Å²) in [5, 5.41) is 7.93. The Morgan fingerprint density at radius 2 is 2.16 bits per heavy atom. The second-order valence-electron chi connectivity index (χ2n) is 5.78. The first-order valence-electron chi connectivity index (χ1n) is 7.82. The summed E-state index contributed by atoms with van der Waals surface area (Å²) >= 11 is 0. The molecule has 1 aliphatic rings. The van der Waals surface area contributed by atoms with Gasteiger partial charge in [0.2, 0.25) is 0 Å². The molecule has 1 atom stereocenters. The maximum absolute atomic E-state index is 12.7. The highest BCUT2D eigenvalue weighted by Gasteiger charge is 2.26. The zero-order chi connectivity index (χ0) is 17.8. The van der Waals surface area contributed by atoms with E-state index in [0.717, 1.165) is 5.56 Å². The van der Waals surface area contributed by atoms with Gasteiger partial charge in [0.15, 0.2) is 0 Å². The second kappa shape index (κ2) is 7.21. The number of urea groups is 1. The third kappa shape index (κ3) is 4.06. The fraction of sp³-hybridized carbons (Fsp3) is 0.222. The second-order valence-corrected chi connectivity index (χ2v) is 5.78. The summed E-state index contributed by atoms with van der Waals surface area (Å²) < 4.78 is 18.3. The molecule has 0 spiro atoms. The van der Waals surface area contributed by atoms with Gasteiger partial charge < -0.3 is 20.7 Å². The van der Waals surface area contributed by atoms with Gasteiger partial charge in [-0.05, 0) is 42.3 Å². The lowest BCUT2D eigenvalue weighted by Gasteiger charge is -2.15. The average Bonchev–Trinajstić information content (AvgIpc) is 2.73. The Bertz CT molecular complexity index is 810. The van der Waals surface area contributed by atoms with Gasteiger partial charge >= 0.3 is 6.03 Å². The summed E-state index contributed by atoms with van der Waals surface area (Å²) in [7, 11) is 0. The van der Waals surface area contributed by atoms with Gasteiger partial charge in [-0.3, -0.25) is 4.79 Å². The zero-order valence-electron chi connectivity index (χ0n) is 13.6. The predicted octanol–water partition coefficient (Wildman–Crippen LogP) is 2.99. The Morgan fingerprint density at radius 3 is 2.92 bits per heavy atom. The number of fused-ring (bicyclic) bond motifs is 1. The third-order valence-electron chi connectivity index (χ3n) is 3.76. The predicted molar refractivity (Wildman–Crippen MR) is 92.5 cm³/mol. The first kappa shape index (κ1) is 16.8. The van der Waals surface area contributed by atoms with E-state index in [2.05, 4.69) is 16.0 Å². The van der Waals surface area contributed by atoms with E-state index < -0.39 is 24.7 Å². The number of halogens is 1. The first-order valence-corrected chi connectivity index (χ1v) is 7.82. The molecule has 2 aromatic rings. The van der Waals surface area contributed by atoms with Crippen molar-refractivity contribution >= 4 is 23.3 Å². The molecule has 6 nitrogen and oxygen atoms in total. The Hall–Kier alpha value is -3.09. The standard InChI is InChI=1S/C18H18FN3O3/c1-11-3-2-4-13(7-11)20-18(24)22-15-10-25-16-8-12(9-19)5-6-14(16)21-17(15)23/h2-8,15H,9-10H2,1H3,(H,21,23)(H2,20,22,24). The van der Waals surface area contributed by atoms with Crippen LogP contribution in [0.4, 0.5) is 20.6 Å². The molecule has 3 rings (SSSR count). The molecule has 0 saturated carbocycles. The van der Waals surface area contributed by atoms with Crippen LogP contribution in [0.25, 0.3) is 0 Å². The topological polar surface area (TPSA) is 79.5 Å². The number of carbonyl (C=O) groups excluding carboxylic acids is 2. The molecule has 1 heterocycles. The largest absolute Gasteiger partial charge is 0.489 e. The number of alkyl halides is 1. The molecule has 7 heteroatoms. The van der Waals surface area contributed by atoms with Crippen LogP contribution >= 0.6 is 0 Å². The number of hydrogen-bond donors (Lipinski definition) is 3. The zero-order valence-corrected chi connectivity index (χ0v) is 13.6. The number of hydrogen-bond acceptors (Lipinski definition) is 3. The number of amides is 3. The van der Waals surface area contributed by atoms with E-state index in [-0.39, 0.29) is 6.61 Å². The van der Waals surface area contributed by atoms with E-state index in [9.17, 15) is 14.0 Å². The maximum atomic E-state index is 12.7. The first-order chi connectivity index (χ1) is 12.0. The molecule has 0 bridgehead atoms. The van der Waals surface area contributed by atoms with E-state index in [4.69, 9.17) is 4.74 Å². The minimum absolute atomic E-state index is 0.0458. The molecule has 2 aromatic carbocycles. The van der Waals surface area contributed by atoms with Crippen LogP contribution in [-0.4, -0.2) is 24.6 Å². The summed E-state index contributed by atoms with van der Waals surface area (Å²) in [6.45, 7) is 1.25. The molecule has 25 heavy (non-hydrogen) atoms. The maximum Gasteiger partial charge on any atom is 0.320 e. The summed E-state index contributed by atoms with van der Waals surface area (Å²) in [5.41, 5.74) is 2.54. The number of rotatable bonds is 3. The average molecular weight is 343 g/mol. The van der Waals surface area contributed by atoms with Crippen molar-refractivity contribution in [1.82, 2.24) is 5.32 Å². The van der Waals surface area contributed by atoms with E-state index in [0.29, 0.717) is 22.7 Å². The van der Waals surface area contributed by atoms with Crippen molar-refractivity contribution < 1.29 is 18.7 Å². The molecule has 130 valence electrons. The normalized spacial score (nSPS) is 16.1. The molecule has 3 amide bonds. The van der Waals surface area contributed by atoms with Crippen LogP contribution in [0.1, 0.15) is 11.1 Å². The van der Waals surface area contributed by atoms with Gasteiger partial charge in [0.1, 0.15) is 25.1 Å². The van der Waals surface area contributed by atoms with E-state index in [1.165, 1.54) is 6.07 Å². The molecule has 3 N–H and O–H groups in total. The highest BCUT2D eigenvalue weighted by atomic mass is 19.1. The summed E-state index contributed by atoms with van der Waals surface area (Å²) in [5.74, 6) is -0.0157. The van der Waals surface area contributed by atoms with E-state index in [1.54, 1.807) is 18.2 Å². The monoisotopic (exact) mass is 343 g/mol. The van der Waals surface area contributed by atoms with Crippen LogP contribution in [0, 0.1) is 6.92 Å². The SMILES string of the molecule is Cc1cccc(NC(=O)NC2COc3cc(CF)ccc3NC2=O)c1. The molecule has 0 radical (unpaired) electrons. The van der Waals surface area contributed by atoms with Crippen molar-refractivity contribution in [3.05, 3.63) is 53.6 Å². The van der Waals surface area contributed by atoms with E-state index >= 15 is 0 Å². The summed E-state index contributed by atoms with van der Waals surface area (Å²) in [6.07, 6.45) is 0. The number of anilines is 2. The lowest BCUT2D eigenvalue weighted by atomic mass is 10.2. The van der Waals surface area contributed by atoms with Crippen molar-refractivity contribution in [2.24, 2.45) is 0 Å². The van der Waals surface area contributed by atoms with Gasteiger partial charge in [-0.2, -0.15) is 0 Å². The molecule has 1 unspecified atom stereocenters. The van der Waals surface area contributed by atoms with Crippen LogP contribution in [0.2, 0.25) is 0 Å². The highest BCUT2D eigenvalue weighted by Crippen LogP contribution is 2.28. The lowest BCUT2D eigenvalue weighted by Crippen LogP contribution is -2.47. The molecule has 0 aliphatic carbocycles.